The number of tetrazole rings is 1. The third kappa shape index (κ3) is 3.42. The number of quaternary nitrogens is 1. The van der Waals surface area contributed by atoms with Gasteiger partial charge in [0.1, 0.15) is 6.04 Å². The fourth-order valence-electron chi connectivity index (χ4n) is 3.45. The highest BCUT2D eigenvalue weighted by molar-refractivity contribution is 7.22. The van der Waals surface area contributed by atoms with Crippen LogP contribution in [0.4, 0.5) is 5.13 Å². The Morgan fingerprint density at radius 2 is 2.08 bits per heavy atom. The minimum absolute atomic E-state index is 0.263. The number of para-hydroxylation sites is 1. The van der Waals surface area contributed by atoms with E-state index in [4.69, 9.17) is 9.72 Å². The molecule has 0 saturated carbocycles. The van der Waals surface area contributed by atoms with Crippen molar-refractivity contribution in [2.24, 2.45) is 0 Å². The average molecular weight is 374 g/mol. The Hall–Kier alpha value is -2.10. The van der Waals surface area contributed by atoms with Crippen molar-refractivity contribution in [3.05, 3.63) is 30.1 Å². The number of benzene rings is 1. The Morgan fingerprint density at radius 1 is 1.27 bits per heavy atom. The Labute approximate surface area is 156 Å². The number of anilines is 1. The summed E-state index contributed by atoms with van der Waals surface area (Å²) in [7, 11) is 1.69. The molecule has 0 unspecified atom stereocenters. The molecular weight excluding hydrogens is 350 g/mol. The number of thiazole rings is 1. The number of piperazine rings is 1. The van der Waals surface area contributed by atoms with Gasteiger partial charge in [-0.1, -0.05) is 23.5 Å². The summed E-state index contributed by atoms with van der Waals surface area (Å²) in [5, 5.41) is 13.3. The molecule has 1 fully saturated rings. The second-order valence-electron chi connectivity index (χ2n) is 6.58. The van der Waals surface area contributed by atoms with Crippen LogP contribution in [0.5, 0.6) is 0 Å². The highest BCUT2D eigenvalue weighted by atomic mass is 32.1. The molecule has 0 radical (unpaired) electrons. The van der Waals surface area contributed by atoms with Crippen molar-refractivity contribution in [3.8, 4) is 0 Å². The van der Waals surface area contributed by atoms with Gasteiger partial charge in [0.15, 0.2) is 5.13 Å². The maximum absolute atomic E-state index is 5.15. The summed E-state index contributed by atoms with van der Waals surface area (Å²) >= 11 is 1.78. The van der Waals surface area contributed by atoms with Gasteiger partial charge < -0.3 is 14.5 Å². The third-order valence-electron chi connectivity index (χ3n) is 5.03. The molecule has 1 aliphatic heterocycles. The van der Waals surface area contributed by atoms with Gasteiger partial charge in [-0.3, -0.25) is 0 Å². The first-order chi connectivity index (χ1) is 12.8. The molecule has 26 heavy (non-hydrogen) atoms. The predicted molar refractivity (Wildman–Crippen MR) is 101 cm³/mol. The van der Waals surface area contributed by atoms with Crippen LogP contribution in [0.3, 0.4) is 0 Å². The van der Waals surface area contributed by atoms with Crippen LogP contribution in [0.15, 0.2) is 24.3 Å². The van der Waals surface area contributed by atoms with Crippen LogP contribution in [0.25, 0.3) is 10.2 Å². The van der Waals surface area contributed by atoms with E-state index in [1.54, 1.807) is 18.4 Å². The van der Waals surface area contributed by atoms with Crippen LogP contribution in [0.2, 0.25) is 0 Å². The van der Waals surface area contributed by atoms with E-state index >= 15 is 0 Å². The first kappa shape index (κ1) is 17.3. The zero-order chi connectivity index (χ0) is 17.9. The van der Waals surface area contributed by atoms with Crippen molar-refractivity contribution in [3.63, 3.8) is 0 Å². The molecule has 1 saturated heterocycles. The number of hydrogen-bond acceptors (Lipinski definition) is 7. The molecule has 0 bridgehead atoms. The molecular formula is C17H24N7OS+. The smallest absolute Gasteiger partial charge is 0.209 e. The van der Waals surface area contributed by atoms with E-state index in [0.717, 1.165) is 42.7 Å². The first-order valence-electron chi connectivity index (χ1n) is 8.96. The van der Waals surface area contributed by atoms with Crippen molar-refractivity contribution in [2.45, 2.75) is 19.5 Å². The highest BCUT2D eigenvalue weighted by Crippen LogP contribution is 2.28. The van der Waals surface area contributed by atoms with E-state index in [1.165, 1.54) is 9.60 Å². The van der Waals surface area contributed by atoms with Crippen LogP contribution in [-0.2, 0) is 11.3 Å². The van der Waals surface area contributed by atoms with Gasteiger partial charge in [-0.25, -0.2) is 9.67 Å². The van der Waals surface area contributed by atoms with Gasteiger partial charge in [0.2, 0.25) is 5.82 Å². The van der Waals surface area contributed by atoms with E-state index < -0.39 is 0 Å². The van der Waals surface area contributed by atoms with E-state index in [9.17, 15) is 0 Å². The molecule has 2 aromatic heterocycles. The number of rotatable bonds is 6. The Morgan fingerprint density at radius 3 is 2.85 bits per heavy atom. The maximum Gasteiger partial charge on any atom is 0.209 e. The standard InChI is InChI=1S/C17H23N7OS/c1-13(16-19-20-21-24(16)11-12-25-2)22-7-9-23(10-8-22)17-18-14-5-3-4-6-15(14)26-17/h3-6,13H,7-12H2,1-2H3/p+1/t13-/m1/s1. The summed E-state index contributed by atoms with van der Waals surface area (Å²) in [5.74, 6) is 0.936. The Bertz CT molecular complexity index is 823. The fraction of sp³-hybridized carbons (Fsp3) is 0.529. The van der Waals surface area contributed by atoms with Crippen molar-refractivity contribution in [1.29, 1.82) is 0 Å². The number of ether oxygens (including phenoxy) is 1. The SMILES string of the molecule is COCCn1nnnc1[C@@H](C)[NH+]1CCN(c2nc3ccccc3s2)CC1. The predicted octanol–water partition coefficient (Wildman–Crippen LogP) is 0.395. The van der Waals surface area contributed by atoms with Gasteiger partial charge in [-0.05, 0) is 29.5 Å². The van der Waals surface area contributed by atoms with Gasteiger partial charge in [-0.15, -0.1) is 5.10 Å². The van der Waals surface area contributed by atoms with Crippen LogP contribution >= 0.6 is 11.3 Å². The number of methoxy groups -OCH3 is 1. The number of aromatic nitrogens is 5. The minimum Gasteiger partial charge on any atom is -0.383 e. The molecule has 0 spiro atoms. The van der Waals surface area contributed by atoms with Gasteiger partial charge in [0, 0.05) is 7.11 Å². The second-order valence-corrected chi connectivity index (χ2v) is 7.59. The molecule has 138 valence electrons. The molecule has 8 nitrogen and oxygen atoms in total. The lowest BCUT2D eigenvalue weighted by atomic mass is 10.2. The zero-order valence-corrected chi connectivity index (χ0v) is 15.9. The number of hydrogen-bond donors (Lipinski definition) is 1. The topological polar surface area (TPSA) is 73.4 Å². The molecule has 1 aromatic carbocycles. The van der Waals surface area contributed by atoms with Crippen LogP contribution in [-0.4, -0.2) is 65.1 Å². The van der Waals surface area contributed by atoms with E-state index in [1.807, 2.05) is 10.7 Å². The van der Waals surface area contributed by atoms with Gasteiger partial charge >= 0.3 is 0 Å². The van der Waals surface area contributed by atoms with Crippen LogP contribution in [0.1, 0.15) is 18.8 Å². The molecule has 1 atom stereocenters. The largest absolute Gasteiger partial charge is 0.383 e. The zero-order valence-electron chi connectivity index (χ0n) is 15.1. The Kier molecular flexibility index (Phi) is 5.09. The van der Waals surface area contributed by atoms with E-state index in [2.05, 4.69) is 45.5 Å². The summed E-state index contributed by atoms with van der Waals surface area (Å²) in [5.41, 5.74) is 1.09. The van der Waals surface area contributed by atoms with Crippen LogP contribution in [0, 0.1) is 0 Å². The second kappa shape index (κ2) is 7.65. The first-order valence-corrected chi connectivity index (χ1v) is 9.78. The molecule has 1 N–H and O–H groups in total. The van der Waals surface area contributed by atoms with Crippen LogP contribution < -0.4 is 9.80 Å². The summed E-state index contributed by atoms with van der Waals surface area (Å²) in [6.07, 6.45) is 0. The van der Waals surface area contributed by atoms with E-state index in [0.29, 0.717) is 13.2 Å². The summed E-state index contributed by atoms with van der Waals surface area (Å²) in [6, 6.07) is 8.60. The van der Waals surface area contributed by atoms with Crippen molar-refractivity contribution < 1.29 is 9.64 Å². The fourth-order valence-corrected chi connectivity index (χ4v) is 4.47. The van der Waals surface area contributed by atoms with Gasteiger partial charge in [0.25, 0.3) is 0 Å². The minimum atomic E-state index is 0.263. The van der Waals surface area contributed by atoms with Gasteiger partial charge in [-0.2, -0.15) is 0 Å². The normalized spacial score (nSPS) is 17.1. The lowest BCUT2D eigenvalue weighted by molar-refractivity contribution is -0.931. The number of nitrogens with zero attached hydrogens (tertiary/aromatic N) is 6. The summed E-state index contributed by atoms with van der Waals surface area (Å²) < 4.78 is 8.26. The molecule has 4 rings (SSSR count). The van der Waals surface area contributed by atoms with Crippen molar-refractivity contribution in [2.75, 3.05) is 44.8 Å². The average Bonchev–Trinajstić information content (AvgIpc) is 3.32. The van der Waals surface area contributed by atoms with Crippen molar-refractivity contribution >= 4 is 26.7 Å². The van der Waals surface area contributed by atoms with E-state index in [-0.39, 0.29) is 6.04 Å². The lowest BCUT2D eigenvalue weighted by Crippen LogP contribution is -3.14. The van der Waals surface area contributed by atoms with Crippen molar-refractivity contribution in [1.82, 2.24) is 25.2 Å². The maximum atomic E-state index is 5.15. The number of nitrogens with one attached hydrogen (secondary N) is 1. The lowest BCUT2D eigenvalue weighted by Gasteiger charge is -2.34. The summed E-state index contributed by atoms with van der Waals surface area (Å²) in [6.45, 7) is 7.61. The molecule has 9 heteroatoms. The van der Waals surface area contributed by atoms with Gasteiger partial charge in [0.05, 0.1) is 49.5 Å². The monoisotopic (exact) mass is 374 g/mol. The molecule has 0 amide bonds. The molecule has 0 aliphatic carbocycles. The molecule has 1 aliphatic rings. The Balaban J connectivity index is 1.41. The third-order valence-corrected chi connectivity index (χ3v) is 6.12. The molecule has 3 aromatic rings. The molecule has 3 heterocycles. The quantitative estimate of drug-likeness (QED) is 0.673. The summed E-state index contributed by atoms with van der Waals surface area (Å²) in [4.78, 5) is 8.70. The highest BCUT2D eigenvalue weighted by Gasteiger charge is 2.30. The number of fused-ring (bicyclic) bond motifs is 1.